The molecule has 0 atom stereocenters. The SMILES string of the molecule is CN(C)C1(C(N)=O)CCNCC1.Cl. The highest BCUT2D eigenvalue weighted by molar-refractivity contribution is 5.85. The average Bonchev–Trinajstić information content (AvgIpc) is 2.05. The third-order valence-electron chi connectivity index (χ3n) is 2.75. The highest BCUT2D eigenvalue weighted by Gasteiger charge is 2.39. The minimum atomic E-state index is -0.411. The number of nitrogens with zero attached hydrogens (tertiary/aromatic N) is 1. The molecule has 1 fully saturated rings. The maximum absolute atomic E-state index is 11.3. The maximum Gasteiger partial charge on any atom is 0.238 e. The number of nitrogens with one attached hydrogen (secondary N) is 1. The fourth-order valence-electron chi connectivity index (χ4n) is 1.75. The van der Waals surface area contributed by atoms with Crippen molar-refractivity contribution in [1.29, 1.82) is 0 Å². The highest BCUT2D eigenvalue weighted by atomic mass is 35.5. The number of piperidine rings is 1. The van der Waals surface area contributed by atoms with Crippen molar-refractivity contribution in [2.45, 2.75) is 18.4 Å². The lowest BCUT2D eigenvalue weighted by molar-refractivity contribution is -0.130. The largest absolute Gasteiger partial charge is 0.368 e. The Morgan fingerprint density at radius 3 is 2.08 bits per heavy atom. The first-order valence-corrected chi connectivity index (χ1v) is 4.28. The summed E-state index contributed by atoms with van der Waals surface area (Å²) in [4.78, 5) is 13.2. The maximum atomic E-state index is 11.3. The molecule has 1 heterocycles. The van der Waals surface area contributed by atoms with E-state index in [-0.39, 0.29) is 18.3 Å². The van der Waals surface area contributed by atoms with Gasteiger partial charge in [0, 0.05) is 0 Å². The number of rotatable bonds is 2. The Balaban J connectivity index is 0.00000144. The van der Waals surface area contributed by atoms with E-state index in [0.717, 1.165) is 25.9 Å². The zero-order chi connectivity index (χ0) is 9.19. The molecule has 0 spiro atoms. The third-order valence-corrected chi connectivity index (χ3v) is 2.75. The Kier molecular flexibility index (Phi) is 4.67. The van der Waals surface area contributed by atoms with Crippen LogP contribution < -0.4 is 11.1 Å². The lowest BCUT2D eigenvalue weighted by Crippen LogP contribution is -2.59. The predicted molar refractivity (Wildman–Crippen MR) is 55.0 cm³/mol. The summed E-state index contributed by atoms with van der Waals surface area (Å²) in [6.07, 6.45) is 1.63. The lowest BCUT2D eigenvalue weighted by atomic mass is 9.86. The number of hydrogen-bond acceptors (Lipinski definition) is 3. The number of primary amides is 1. The molecular weight excluding hydrogens is 190 g/mol. The van der Waals surface area contributed by atoms with Crippen LogP contribution in [-0.2, 0) is 4.79 Å². The van der Waals surface area contributed by atoms with E-state index in [1.54, 1.807) is 0 Å². The van der Waals surface area contributed by atoms with Crippen LogP contribution in [0.2, 0.25) is 0 Å². The van der Waals surface area contributed by atoms with Gasteiger partial charge in [0.2, 0.25) is 5.91 Å². The molecule has 0 aromatic carbocycles. The Bertz CT molecular complexity index is 178. The number of halogens is 1. The summed E-state index contributed by atoms with van der Waals surface area (Å²) in [5.41, 5.74) is 4.98. The van der Waals surface area contributed by atoms with Gasteiger partial charge in [-0.3, -0.25) is 9.69 Å². The van der Waals surface area contributed by atoms with Crippen LogP contribution in [0.15, 0.2) is 0 Å². The molecule has 0 aromatic heterocycles. The van der Waals surface area contributed by atoms with Crippen molar-refractivity contribution in [1.82, 2.24) is 10.2 Å². The summed E-state index contributed by atoms with van der Waals surface area (Å²) >= 11 is 0. The summed E-state index contributed by atoms with van der Waals surface area (Å²) in [6.45, 7) is 1.75. The predicted octanol–water partition coefficient (Wildman–Crippen LogP) is -0.423. The molecule has 4 nitrogen and oxygen atoms in total. The van der Waals surface area contributed by atoms with E-state index >= 15 is 0 Å². The molecule has 5 heteroatoms. The van der Waals surface area contributed by atoms with E-state index in [4.69, 9.17) is 5.73 Å². The van der Waals surface area contributed by atoms with Crippen molar-refractivity contribution in [3.8, 4) is 0 Å². The second kappa shape index (κ2) is 4.79. The molecule has 0 radical (unpaired) electrons. The van der Waals surface area contributed by atoms with Crippen molar-refractivity contribution < 1.29 is 4.79 Å². The number of carbonyl (C=O) groups is 1. The minimum Gasteiger partial charge on any atom is -0.368 e. The van der Waals surface area contributed by atoms with Crippen molar-refractivity contribution in [2.75, 3.05) is 27.2 Å². The summed E-state index contributed by atoms with van der Waals surface area (Å²) in [5.74, 6) is -0.200. The number of likely N-dealkylation sites (N-methyl/N-ethyl adjacent to an activating group) is 1. The van der Waals surface area contributed by atoms with Crippen LogP contribution in [0.5, 0.6) is 0 Å². The van der Waals surface area contributed by atoms with E-state index in [1.165, 1.54) is 0 Å². The van der Waals surface area contributed by atoms with E-state index in [1.807, 2.05) is 19.0 Å². The number of amides is 1. The number of carbonyl (C=O) groups excluding carboxylic acids is 1. The molecule has 13 heavy (non-hydrogen) atoms. The monoisotopic (exact) mass is 207 g/mol. The van der Waals surface area contributed by atoms with Gasteiger partial charge in [-0.2, -0.15) is 0 Å². The van der Waals surface area contributed by atoms with Gasteiger partial charge in [0.05, 0.1) is 0 Å². The first-order valence-electron chi connectivity index (χ1n) is 4.28. The summed E-state index contributed by atoms with van der Waals surface area (Å²) in [7, 11) is 3.83. The highest BCUT2D eigenvalue weighted by Crippen LogP contribution is 2.22. The summed E-state index contributed by atoms with van der Waals surface area (Å²) in [5, 5.41) is 3.21. The quantitative estimate of drug-likeness (QED) is 0.647. The average molecular weight is 208 g/mol. The Morgan fingerprint density at radius 2 is 1.85 bits per heavy atom. The number of nitrogens with two attached hydrogens (primary N) is 1. The van der Waals surface area contributed by atoms with Gasteiger partial charge in [-0.15, -0.1) is 12.4 Å². The fraction of sp³-hybridized carbons (Fsp3) is 0.875. The molecule has 0 bridgehead atoms. The zero-order valence-corrected chi connectivity index (χ0v) is 8.99. The van der Waals surface area contributed by atoms with Crippen LogP contribution in [0.25, 0.3) is 0 Å². The summed E-state index contributed by atoms with van der Waals surface area (Å²) < 4.78 is 0. The van der Waals surface area contributed by atoms with E-state index < -0.39 is 5.54 Å². The molecule has 3 N–H and O–H groups in total. The molecule has 1 amide bonds. The zero-order valence-electron chi connectivity index (χ0n) is 8.17. The van der Waals surface area contributed by atoms with Crippen LogP contribution in [0.1, 0.15) is 12.8 Å². The van der Waals surface area contributed by atoms with Gasteiger partial charge in [-0.25, -0.2) is 0 Å². The van der Waals surface area contributed by atoms with Crippen LogP contribution >= 0.6 is 12.4 Å². The van der Waals surface area contributed by atoms with E-state index in [9.17, 15) is 4.79 Å². The smallest absolute Gasteiger partial charge is 0.238 e. The molecule has 0 unspecified atom stereocenters. The molecule has 0 saturated carbocycles. The van der Waals surface area contributed by atoms with Crippen molar-refractivity contribution in [3.05, 3.63) is 0 Å². The first-order chi connectivity index (χ1) is 5.59. The van der Waals surface area contributed by atoms with Crippen LogP contribution in [0.3, 0.4) is 0 Å². The molecule has 0 aliphatic carbocycles. The Morgan fingerprint density at radius 1 is 1.38 bits per heavy atom. The van der Waals surface area contributed by atoms with Gasteiger partial charge in [0.25, 0.3) is 0 Å². The molecule has 0 aromatic rings. The van der Waals surface area contributed by atoms with E-state index in [0.29, 0.717) is 0 Å². The molecule has 1 rings (SSSR count). The summed E-state index contributed by atoms with van der Waals surface area (Å²) in [6, 6.07) is 0. The second-order valence-electron chi connectivity index (χ2n) is 3.54. The molecule has 1 aliphatic heterocycles. The normalized spacial score (nSPS) is 20.8. The van der Waals surface area contributed by atoms with Gasteiger partial charge in [-0.1, -0.05) is 0 Å². The van der Waals surface area contributed by atoms with Crippen molar-refractivity contribution in [2.24, 2.45) is 5.73 Å². The Hall–Kier alpha value is -0.320. The van der Waals surface area contributed by atoms with Crippen LogP contribution in [-0.4, -0.2) is 43.5 Å². The van der Waals surface area contributed by atoms with Crippen molar-refractivity contribution in [3.63, 3.8) is 0 Å². The van der Waals surface area contributed by atoms with Gasteiger partial charge >= 0.3 is 0 Å². The topological polar surface area (TPSA) is 58.4 Å². The van der Waals surface area contributed by atoms with Gasteiger partial charge < -0.3 is 11.1 Å². The molecular formula is C8H18ClN3O. The standard InChI is InChI=1S/C8H17N3O.ClH/c1-11(2)8(7(9)12)3-5-10-6-4-8;/h10H,3-6H2,1-2H3,(H2,9,12);1H. The third kappa shape index (κ3) is 2.33. The van der Waals surface area contributed by atoms with Gasteiger partial charge in [-0.05, 0) is 40.0 Å². The van der Waals surface area contributed by atoms with Gasteiger partial charge in [0.1, 0.15) is 5.54 Å². The number of hydrogen-bond donors (Lipinski definition) is 2. The van der Waals surface area contributed by atoms with Crippen LogP contribution in [0, 0.1) is 0 Å². The minimum absolute atomic E-state index is 0. The first kappa shape index (κ1) is 12.7. The molecule has 78 valence electrons. The Labute approximate surface area is 85.3 Å². The van der Waals surface area contributed by atoms with E-state index in [2.05, 4.69) is 5.32 Å². The molecule has 1 saturated heterocycles. The van der Waals surface area contributed by atoms with Crippen LogP contribution in [0.4, 0.5) is 0 Å². The van der Waals surface area contributed by atoms with Gasteiger partial charge in [0.15, 0.2) is 0 Å². The molecule has 1 aliphatic rings. The second-order valence-corrected chi connectivity index (χ2v) is 3.54. The fourth-order valence-corrected chi connectivity index (χ4v) is 1.75. The van der Waals surface area contributed by atoms with Crippen molar-refractivity contribution >= 4 is 18.3 Å². The lowest BCUT2D eigenvalue weighted by Gasteiger charge is -2.40.